The van der Waals surface area contributed by atoms with Crippen molar-refractivity contribution < 1.29 is 4.74 Å². The smallest absolute Gasteiger partial charge is 0.0813 e. The summed E-state index contributed by atoms with van der Waals surface area (Å²) < 4.78 is 6.46. The normalized spacial score (nSPS) is 26.8. The predicted molar refractivity (Wildman–Crippen MR) is 89.3 cm³/mol. The lowest BCUT2D eigenvalue weighted by Gasteiger charge is -2.42. The third-order valence-electron chi connectivity index (χ3n) is 4.38. The highest BCUT2D eigenvalue weighted by Gasteiger charge is 2.36. The molecule has 1 aromatic rings. The molecular weight excluding hydrogens is 258 g/mol. The van der Waals surface area contributed by atoms with Crippen LogP contribution in [0.2, 0.25) is 0 Å². The first kappa shape index (κ1) is 16.5. The topological polar surface area (TPSA) is 21.3 Å². The van der Waals surface area contributed by atoms with Crippen molar-refractivity contribution in [2.45, 2.75) is 71.1 Å². The van der Waals surface area contributed by atoms with Crippen LogP contribution in [0.5, 0.6) is 0 Å². The van der Waals surface area contributed by atoms with E-state index in [-0.39, 0.29) is 11.1 Å². The molecule has 1 N–H and O–H groups in total. The van der Waals surface area contributed by atoms with E-state index in [4.69, 9.17) is 4.74 Å². The van der Waals surface area contributed by atoms with Crippen LogP contribution in [0.25, 0.3) is 0 Å². The van der Waals surface area contributed by atoms with Crippen LogP contribution in [0, 0.1) is 5.92 Å². The summed E-state index contributed by atoms with van der Waals surface area (Å²) >= 11 is 0. The molecule has 1 aliphatic rings. The molecular formula is C19H31NO. The van der Waals surface area contributed by atoms with Crippen LogP contribution < -0.4 is 5.32 Å². The zero-order chi connectivity index (χ0) is 15.3. The summed E-state index contributed by atoms with van der Waals surface area (Å²) in [5.41, 5.74) is 1.41. The third kappa shape index (κ3) is 5.44. The summed E-state index contributed by atoms with van der Waals surface area (Å²) in [6.07, 6.45) is 4.96. The van der Waals surface area contributed by atoms with Gasteiger partial charge in [-0.3, -0.25) is 0 Å². The van der Waals surface area contributed by atoms with Crippen molar-refractivity contribution in [2.75, 3.05) is 6.54 Å². The van der Waals surface area contributed by atoms with Crippen molar-refractivity contribution in [1.29, 1.82) is 0 Å². The second-order valence-corrected chi connectivity index (χ2v) is 7.76. The fourth-order valence-electron chi connectivity index (χ4n) is 3.19. The van der Waals surface area contributed by atoms with Gasteiger partial charge < -0.3 is 10.1 Å². The Kier molecular flexibility index (Phi) is 5.45. The van der Waals surface area contributed by atoms with Gasteiger partial charge in [0.05, 0.1) is 12.2 Å². The monoisotopic (exact) mass is 289 g/mol. The van der Waals surface area contributed by atoms with Gasteiger partial charge in [-0.1, -0.05) is 50.1 Å². The molecule has 2 rings (SSSR count). The molecule has 0 amide bonds. The molecule has 2 atom stereocenters. The molecule has 0 spiro atoms. The summed E-state index contributed by atoms with van der Waals surface area (Å²) in [4.78, 5) is 0. The molecule has 2 heteroatoms. The Morgan fingerprint density at radius 3 is 2.57 bits per heavy atom. The van der Waals surface area contributed by atoms with E-state index in [0.717, 1.165) is 19.1 Å². The molecule has 0 bridgehead atoms. The number of rotatable bonds is 5. The van der Waals surface area contributed by atoms with Crippen LogP contribution in [0.1, 0.15) is 58.9 Å². The van der Waals surface area contributed by atoms with E-state index in [9.17, 15) is 0 Å². The van der Waals surface area contributed by atoms with Crippen LogP contribution in [0.3, 0.4) is 0 Å². The molecule has 2 unspecified atom stereocenters. The van der Waals surface area contributed by atoms with E-state index in [1.165, 1.54) is 31.2 Å². The lowest BCUT2D eigenvalue weighted by molar-refractivity contribution is -0.0915. The molecule has 2 nitrogen and oxygen atoms in total. The molecule has 0 aliphatic heterocycles. The Morgan fingerprint density at radius 2 is 1.95 bits per heavy atom. The predicted octanol–water partition coefficient (Wildman–Crippen LogP) is 4.54. The van der Waals surface area contributed by atoms with Crippen LogP contribution in [0.4, 0.5) is 0 Å². The van der Waals surface area contributed by atoms with Crippen LogP contribution in [0.15, 0.2) is 30.3 Å². The van der Waals surface area contributed by atoms with Crippen molar-refractivity contribution in [3.63, 3.8) is 0 Å². The van der Waals surface area contributed by atoms with Gasteiger partial charge in [-0.05, 0) is 45.1 Å². The molecule has 0 heterocycles. The SMILES string of the molecule is CC1CCCC(CNC(C)(C)C)(OCc2ccccc2)C1. The minimum atomic E-state index is 0.000782. The quantitative estimate of drug-likeness (QED) is 0.859. The maximum Gasteiger partial charge on any atom is 0.0813 e. The first-order chi connectivity index (χ1) is 9.89. The first-order valence-electron chi connectivity index (χ1n) is 8.32. The van der Waals surface area contributed by atoms with Crippen molar-refractivity contribution in [2.24, 2.45) is 5.92 Å². The van der Waals surface area contributed by atoms with Crippen LogP contribution >= 0.6 is 0 Å². The first-order valence-corrected chi connectivity index (χ1v) is 8.32. The Bertz CT molecular complexity index is 423. The number of ether oxygens (including phenoxy) is 1. The largest absolute Gasteiger partial charge is 0.369 e. The Labute approximate surface area is 130 Å². The van der Waals surface area contributed by atoms with Crippen molar-refractivity contribution in [3.05, 3.63) is 35.9 Å². The lowest BCUT2D eigenvalue weighted by Crippen LogP contribution is -2.51. The Hall–Kier alpha value is -0.860. The molecule has 1 aliphatic carbocycles. The molecule has 0 radical (unpaired) electrons. The zero-order valence-corrected chi connectivity index (χ0v) is 14.1. The van der Waals surface area contributed by atoms with Gasteiger partial charge in [0.15, 0.2) is 0 Å². The maximum absolute atomic E-state index is 6.46. The summed E-state index contributed by atoms with van der Waals surface area (Å²) in [5.74, 6) is 0.760. The maximum atomic E-state index is 6.46. The molecule has 21 heavy (non-hydrogen) atoms. The summed E-state index contributed by atoms with van der Waals surface area (Å²) in [6, 6.07) is 10.5. The zero-order valence-electron chi connectivity index (χ0n) is 14.1. The average molecular weight is 289 g/mol. The van der Waals surface area contributed by atoms with E-state index in [1.54, 1.807) is 0 Å². The van der Waals surface area contributed by atoms with Gasteiger partial charge in [0.25, 0.3) is 0 Å². The fraction of sp³-hybridized carbons (Fsp3) is 0.684. The number of nitrogens with one attached hydrogen (secondary N) is 1. The lowest BCUT2D eigenvalue weighted by atomic mass is 9.78. The van der Waals surface area contributed by atoms with Crippen molar-refractivity contribution in [1.82, 2.24) is 5.32 Å². The van der Waals surface area contributed by atoms with Crippen molar-refractivity contribution >= 4 is 0 Å². The fourth-order valence-corrected chi connectivity index (χ4v) is 3.19. The third-order valence-corrected chi connectivity index (χ3v) is 4.38. The standard InChI is InChI=1S/C19H31NO/c1-16-9-8-12-19(13-16,15-20-18(2,3)4)21-14-17-10-6-5-7-11-17/h5-7,10-11,16,20H,8-9,12-15H2,1-4H3. The van der Waals surface area contributed by atoms with Gasteiger partial charge in [-0.2, -0.15) is 0 Å². The summed E-state index contributed by atoms with van der Waals surface area (Å²) in [6.45, 7) is 10.7. The van der Waals surface area contributed by atoms with E-state index in [2.05, 4.69) is 63.3 Å². The van der Waals surface area contributed by atoms with Crippen LogP contribution in [-0.4, -0.2) is 17.7 Å². The molecule has 1 saturated carbocycles. The molecule has 1 aromatic carbocycles. The number of hydrogen-bond acceptors (Lipinski definition) is 2. The average Bonchev–Trinajstić information content (AvgIpc) is 2.44. The minimum Gasteiger partial charge on any atom is -0.369 e. The summed E-state index contributed by atoms with van der Waals surface area (Å²) in [5, 5.41) is 3.66. The summed E-state index contributed by atoms with van der Waals surface area (Å²) in [7, 11) is 0. The second-order valence-electron chi connectivity index (χ2n) is 7.76. The van der Waals surface area contributed by atoms with E-state index in [1.807, 2.05) is 0 Å². The van der Waals surface area contributed by atoms with Gasteiger partial charge in [0.1, 0.15) is 0 Å². The Morgan fingerprint density at radius 1 is 1.24 bits per heavy atom. The molecule has 118 valence electrons. The van der Waals surface area contributed by atoms with Crippen LogP contribution in [-0.2, 0) is 11.3 Å². The van der Waals surface area contributed by atoms with E-state index < -0.39 is 0 Å². The van der Waals surface area contributed by atoms with Gasteiger partial charge >= 0.3 is 0 Å². The van der Waals surface area contributed by atoms with Gasteiger partial charge in [-0.15, -0.1) is 0 Å². The van der Waals surface area contributed by atoms with E-state index >= 15 is 0 Å². The van der Waals surface area contributed by atoms with Gasteiger partial charge in [-0.25, -0.2) is 0 Å². The second kappa shape index (κ2) is 6.93. The molecule has 0 aromatic heterocycles. The number of hydrogen-bond donors (Lipinski definition) is 1. The molecule has 0 saturated heterocycles. The van der Waals surface area contributed by atoms with E-state index in [0.29, 0.717) is 0 Å². The van der Waals surface area contributed by atoms with Crippen molar-refractivity contribution in [3.8, 4) is 0 Å². The van der Waals surface area contributed by atoms with Gasteiger partial charge in [0.2, 0.25) is 0 Å². The minimum absolute atomic E-state index is 0.000782. The Balaban J connectivity index is 2.01. The highest BCUT2D eigenvalue weighted by molar-refractivity contribution is 5.13. The number of benzene rings is 1. The highest BCUT2D eigenvalue weighted by atomic mass is 16.5. The van der Waals surface area contributed by atoms with Gasteiger partial charge in [0, 0.05) is 12.1 Å². The highest BCUT2D eigenvalue weighted by Crippen LogP contribution is 2.35. The molecule has 1 fully saturated rings.